The molecule has 2 aromatic carbocycles. The second-order valence-electron chi connectivity index (χ2n) is 6.06. The van der Waals surface area contributed by atoms with Crippen molar-refractivity contribution in [3.8, 4) is 5.75 Å². The standard InChI is InChI=1S/C18H18BrFN2O3S/c1-21(2)9-10-25-18-12-22(17-8-3-13(19)11-16(17)18)26(23,24)15-6-4-14(20)5-7-15/h3-8,11-12H,9-10H2,1-2H3. The quantitative estimate of drug-likeness (QED) is 0.585. The maximum absolute atomic E-state index is 13.2. The van der Waals surface area contributed by atoms with Gasteiger partial charge in [0.15, 0.2) is 0 Å². The lowest BCUT2D eigenvalue weighted by atomic mass is 10.2. The van der Waals surface area contributed by atoms with Gasteiger partial charge < -0.3 is 9.64 Å². The SMILES string of the molecule is CN(C)CCOc1cn(S(=O)(=O)c2ccc(F)cc2)c2ccc(Br)cc12. The van der Waals surface area contributed by atoms with Gasteiger partial charge in [-0.2, -0.15) is 0 Å². The Labute approximate surface area is 160 Å². The van der Waals surface area contributed by atoms with E-state index in [1.54, 1.807) is 12.1 Å². The molecule has 3 rings (SSSR count). The highest BCUT2D eigenvalue weighted by Gasteiger charge is 2.22. The average Bonchev–Trinajstić information content (AvgIpc) is 2.94. The normalized spacial score (nSPS) is 12.0. The molecule has 3 aromatic rings. The molecule has 0 aliphatic rings. The van der Waals surface area contributed by atoms with Crippen molar-refractivity contribution in [2.45, 2.75) is 4.90 Å². The Morgan fingerprint density at radius 2 is 1.85 bits per heavy atom. The summed E-state index contributed by atoms with van der Waals surface area (Å²) in [4.78, 5) is 1.99. The van der Waals surface area contributed by atoms with Crippen LogP contribution in [0.15, 0.2) is 58.0 Å². The molecule has 1 aromatic heterocycles. The van der Waals surface area contributed by atoms with Crippen molar-refractivity contribution in [3.63, 3.8) is 0 Å². The maximum Gasteiger partial charge on any atom is 0.268 e. The molecule has 0 saturated carbocycles. The van der Waals surface area contributed by atoms with Gasteiger partial charge in [0, 0.05) is 16.4 Å². The van der Waals surface area contributed by atoms with E-state index in [9.17, 15) is 12.8 Å². The Kier molecular flexibility index (Phi) is 5.36. The molecule has 0 N–H and O–H groups in total. The zero-order chi connectivity index (χ0) is 18.9. The average molecular weight is 441 g/mol. The number of ether oxygens (including phenoxy) is 1. The second kappa shape index (κ2) is 7.38. The summed E-state index contributed by atoms with van der Waals surface area (Å²) in [6, 6.07) is 10.1. The summed E-state index contributed by atoms with van der Waals surface area (Å²) in [5.41, 5.74) is 0.498. The van der Waals surface area contributed by atoms with Gasteiger partial charge in [-0.1, -0.05) is 15.9 Å². The molecule has 0 aliphatic carbocycles. The number of halogens is 2. The minimum atomic E-state index is -3.87. The first kappa shape index (κ1) is 18.9. The highest BCUT2D eigenvalue weighted by molar-refractivity contribution is 9.10. The van der Waals surface area contributed by atoms with E-state index in [0.717, 1.165) is 16.6 Å². The summed E-state index contributed by atoms with van der Waals surface area (Å²) in [7, 11) is -0.00593. The minimum absolute atomic E-state index is 0.0126. The highest BCUT2D eigenvalue weighted by Crippen LogP contribution is 2.33. The van der Waals surface area contributed by atoms with E-state index in [4.69, 9.17) is 4.74 Å². The van der Waals surface area contributed by atoms with Crippen molar-refractivity contribution in [1.82, 2.24) is 8.87 Å². The maximum atomic E-state index is 13.2. The van der Waals surface area contributed by atoms with Gasteiger partial charge in [0.2, 0.25) is 0 Å². The molecule has 8 heteroatoms. The monoisotopic (exact) mass is 440 g/mol. The van der Waals surface area contributed by atoms with Crippen LogP contribution in [0.2, 0.25) is 0 Å². The lowest BCUT2D eigenvalue weighted by Crippen LogP contribution is -2.19. The minimum Gasteiger partial charge on any atom is -0.490 e. The van der Waals surface area contributed by atoms with Gasteiger partial charge in [-0.15, -0.1) is 0 Å². The fraction of sp³-hybridized carbons (Fsp3) is 0.222. The van der Waals surface area contributed by atoms with Crippen LogP contribution in [-0.4, -0.2) is 44.5 Å². The van der Waals surface area contributed by atoms with Crippen molar-refractivity contribution in [2.75, 3.05) is 27.2 Å². The van der Waals surface area contributed by atoms with E-state index in [2.05, 4.69) is 15.9 Å². The molecule has 0 saturated heterocycles. The van der Waals surface area contributed by atoms with Crippen molar-refractivity contribution in [1.29, 1.82) is 0 Å². The van der Waals surface area contributed by atoms with Crippen molar-refractivity contribution < 1.29 is 17.5 Å². The molecule has 0 spiro atoms. The van der Waals surface area contributed by atoms with Crippen molar-refractivity contribution >= 4 is 36.9 Å². The van der Waals surface area contributed by atoms with Gasteiger partial charge in [0.25, 0.3) is 10.0 Å². The number of nitrogens with zero attached hydrogens (tertiary/aromatic N) is 2. The molecule has 0 atom stereocenters. The van der Waals surface area contributed by atoms with Crippen molar-refractivity contribution in [2.24, 2.45) is 0 Å². The first-order chi connectivity index (χ1) is 12.3. The Morgan fingerprint density at radius 3 is 2.50 bits per heavy atom. The smallest absolute Gasteiger partial charge is 0.268 e. The van der Waals surface area contributed by atoms with Gasteiger partial charge in [-0.3, -0.25) is 0 Å². The van der Waals surface area contributed by atoms with E-state index in [-0.39, 0.29) is 4.90 Å². The van der Waals surface area contributed by atoms with Crippen LogP contribution in [0.1, 0.15) is 0 Å². The third-order valence-corrected chi connectivity index (χ3v) is 6.04. The molecule has 0 radical (unpaired) electrons. The zero-order valence-corrected chi connectivity index (χ0v) is 16.7. The largest absolute Gasteiger partial charge is 0.490 e. The lowest BCUT2D eigenvalue weighted by Gasteiger charge is -2.10. The molecular formula is C18H18BrFN2O3S. The Bertz CT molecular complexity index is 1030. The van der Waals surface area contributed by atoms with Crippen LogP contribution in [0.4, 0.5) is 4.39 Å². The van der Waals surface area contributed by atoms with Crippen LogP contribution in [0.3, 0.4) is 0 Å². The summed E-state index contributed by atoms with van der Waals surface area (Å²) >= 11 is 3.41. The Hall–Kier alpha value is -1.90. The molecule has 0 bridgehead atoms. The molecule has 26 heavy (non-hydrogen) atoms. The fourth-order valence-corrected chi connectivity index (χ4v) is 4.24. The molecule has 0 amide bonds. The number of rotatable bonds is 6. The number of benzene rings is 2. The van der Waals surface area contributed by atoms with Crippen molar-refractivity contribution in [3.05, 3.63) is 59.0 Å². The fourth-order valence-electron chi connectivity index (χ4n) is 2.52. The van der Waals surface area contributed by atoms with Crippen LogP contribution < -0.4 is 4.74 Å². The summed E-state index contributed by atoms with van der Waals surface area (Å²) in [5.74, 6) is -0.00760. The van der Waals surface area contributed by atoms with Gasteiger partial charge in [-0.25, -0.2) is 16.8 Å². The molecule has 1 heterocycles. The first-order valence-corrected chi connectivity index (χ1v) is 10.1. The van der Waals surface area contributed by atoms with Crippen LogP contribution in [0, 0.1) is 5.82 Å². The number of hydrogen-bond acceptors (Lipinski definition) is 4. The van der Waals surface area contributed by atoms with E-state index in [1.165, 1.54) is 22.3 Å². The number of likely N-dealkylation sites (N-methyl/N-ethyl adjacent to an activating group) is 1. The predicted octanol–water partition coefficient (Wildman–Crippen LogP) is 3.72. The van der Waals surface area contributed by atoms with Crippen LogP contribution in [0.5, 0.6) is 5.75 Å². The Morgan fingerprint density at radius 1 is 1.15 bits per heavy atom. The molecule has 0 aliphatic heterocycles. The first-order valence-electron chi connectivity index (χ1n) is 7.88. The van der Waals surface area contributed by atoms with Gasteiger partial charge in [-0.05, 0) is 56.6 Å². The van der Waals surface area contributed by atoms with Gasteiger partial charge >= 0.3 is 0 Å². The molecule has 138 valence electrons. The van der Waals surface area contributed by atoms with E-state index >= 15 is 0 Å². The Balaban J connectivity index is 2.09. The molecule has 5 nitrogen and oxygen atoms in total. The molecular weight excluding hydrogens is 423 g/mol. The van der Waals surface area contributed by atoms with Gasteiger partial charge in [0.1, 0.15) is 18.2 Å². The number of hydrogen-bond donors (Lipinski definition) is 0. The summed E-state index contributed by atoms with van der Waals surface area (Å²) in [6.45, 7) is 1.13. The van der Waals surface area contributed by atoms with Crippen LogP contribution in [0.25, 0.3) is 10.9 Å². The second-order valence-corrected chi connectivity index (χ2v) is 8.79. The molecule has 0 unspecified atom stereocenters. The summed E-state index contributed by atoms with van der Waals surface area (Å²) in [5, 5.41) is 0.684. The zero-order valence-electron chi connectivity index (χ0n) is 14.3. The van der Waals surface area contributed by atoms with Gasteiger partial charge in [0.05, 0.1) is 16.6 Å². The predicted molar refractivity (Wildman–Crippen MR) is 103 cm³/mol. The number of aromatic nitrogens is 1. The number of fused-ring (bicyclic) bond motifs is 1. The third kappa shape index (κ3) is 3.77. The summed E-state index contributed by atoms with van der Waals surface area (Å²) < 4.78 is 47.0. The summed E-state index contributed by atoms with van der Waals surface area (Å²) in [6.07, 6.45) is 1.46. The van der Waals surface area contributed by atoms with Crippen LogP contribution in [-0.2, 0) is 10.0 Å². The highest BCUT2D eigenvalue weighted by atomic mass is 79.9. The van der Waals surface area contributed by atoms with E-state index < -0.39 is 15.8 Å². The lowest BCUT2D eigenvalue weighted by molar-refractivity contribution is 0.263. The van der Waals surface area contributed by atoms with E-state index in [0.29, 0.717) is 29.8 Å². The van der Waals surface area contributed by atoms with E-state index in [1.807, 2.05) is 25.1 Å². The van der Waals surface area contributed by atoms with Crippen LogP contribution >= 0.6 is 15.9 Å². The third-order valence-electron chi connectivity index (χ3n) is 3.86. The topological polar surface area (TPSA) is 51.5 Å². The molecule has 0 fully saturated rings.